The van der Waals surface area contributed by atoms with Crippen LogP contribution in [0, 0.1) is 5.82 Å². The first-order valence-electron chi connectivity index (χ1n) is 9.78. The number of benzene rings is 1. The highest BCUT2D eigenvalue weighted by atomic mass is 19.1. The fourth-order valence-corrected chi connectivity index (χ4v) is 3.47. The second-order valence-electron chi connectivity index (χ2n) is 6.89. The number of piperidine rings is 1. The summed E-state index contributed by atoms with van der Waals surface area (Å²) in [4.78, 5) is 15.8. The zero-order chi connectivity index (χ0) is 20.2. The van der Waals surface area contributed by atoms with E-state index in [1.165, 1.54) is 13.2 Å². The molecule has 1 aliphatic heterocycles. The lowest BCUT2D eigenvalue weighted by molar-refractivity contribution is 0.163. The predicted octanol–water partition coefficient (Wildman–Crippen LogP) is 3.65. The van der Waals surface area contributed by atoms with E-state index >= 15 is 0 Å². The molecule has 0 spiro atoms. The van der Waals surface area contributed by atoms with Gasteiger partial charge in [0.25, 0.3) is 0 Å². The molecule has 0 radical (unpaired) electrons. The van der Waals surface area contributed by atoms with Crippen LogP contribution < -0.4 is 19.7 Å². The van der Waals surface area contributed by atoms with Gasteiger partial charge in [-0.05, 0) is 25.1 Å². The summed E-state index contributed by atoms with van der Waals surface area (Å²) in [5.74, 6) is 1.92. The summed E-state index contributed by atoms with van der Waals surface area (Å²) in [5, 5.41) is 3.30. The number of ether oxygens (including phenoxy) is 2. The van der Waals surface area contributed by atoms with E-state index in [-0.39, 0.29) is 11.9 Å². The summed E-state index contributed by atoms with van der Waals surface area (Å²) in [6.45, 7) is 4.30. The normalized spacial score (nSPS) is 14.8. The van der Waals surface area contributed by atoms with Crippen LogP contribution in [0.25, 0.3) is 11.0 Å². The van der Waals surface area contributed by atoms with E-state index in [0.29, 0.717) is 5.75 Å². The van der Waals surface area contributed by atoms with Crippen LogP contribution in [-0.2, 0) is 0 Å². The maximum absolute atomic E-state index is 14.2. The minimum absolute atomic E-state index is 0.0469. The van der Waals surface area contributed by atoms with Gasteiger partial charge in [-0.15, -0.1) is 0 Å². The van der Waals surface area contributed by atoms with Gasteiger partial charge in [0.05, 0.1) is 18.8 Å². The van der Waals surface area contributed by atoms with Crippen molar-refractivity contribution in [1.82, 2.24) is 15.0 Å². The largest absolute Gasteiger partial charge is 0.497 e. The van der Waals surface area contributed by atoms with Gasteiger partial charge in [0.1, 0.15) is 17.4 Å². The van der Waals surface area contributed by atoms with Crippen molar-refractivity contribution in [3.63, 3.8) is 0 Å². The Balaban J connectivity index is 1.47. The lowest BCUT2D eigenvalue weighted by atomic mass is 10.1. The molecule has 2 aromatic heterocycles. The second kappa shape index (κ2) is 8.46. The van der Waals surface area contributed by atoms with Crippen LogP contribution >= 0.6 is 0 Å². The Morgan fingerprint density at radius 3 is 2.72 bits per heavy atom. The van der Waals surface area contributed by atoms with Crippen LogP contribution in [0.5, 0.6) is 11.5 Å². The number of pyridine rings is 1. The Morgan fingerprint density at radius 1 is 1.17 bits per heavy atom. The molecule has 29 heavy (non-hydrogen) atoms. The van der Waals surface area contributed by atoms with Crippen molar-refractivity contribution in [2.24, 2.45) is 0 Å². The van der Waals surface area contributed by atoms with Crippen LogP contribution in [0.1, 0.15) is 19.8 Å². The van der Waals surface area contributed by atoms with Gasteiger partial charge in [-0.1, -0.05) is 0 Å². The molecule has 3 heterocycles. The quantitative estimate of drug-likeness (QED) is 0.681. The third kappa shape index (κ3) is 4.16. The average Bonchev–Trinajstić information content (AvgIpc) is 2.75. The molecule has 0 amide bonds. The van der Waals surface area contributed by atoms with Gasteiger partial charge in [-0.25, -0.2) is 14.4 Å². The van der Waals surface area contributed by atoms with Crippen molar-refractivity contribution in [3.8, 4) is 11.5 Å². The van der Waals surface area contributed by atoms with Gasteiger partial charge in [-0.2, -0.15) is 0 Å². The molecule has 152 valence electrons. The van der Waals surface area contributed by atoms with E-state index < -0.39 is 5.82 Å². The number of halogens is 1. The van der Waals surface area contributed by atoms with Crippen molar-refractivity contribution in [2.75, 3.05) is 37.0 Å². The van der Waals surface area contributed by atoms with Gasteiger partial charge >= 0.3 is 0 Å². The van der Waals surface area contributed by atoms with Gasteiger partial charge in [0.2, 0.25) is 0 Å². The summed E-state index contributed by atoms with van der Waals surface area (Å²) >= 11 is 0. The highest BCUT2D eigenvalue weighted by Gasteiger charge is 2.25. The number of aromatic nitrogens is 3. The third-order valence-corrected chi connectivity index (χ3v) is 4.97. The Bertz CT molecular complexity index is 992. The molecule has 1 aliphatic rings. The predicted molar refractivity (Wildman–Crippen MR) is 110 cm³/mol. The lowest BCUT2D eigenvalue weighted by Gasteiger charge is -2.33. The lowest BCUT2D eigenvalue weighted by Crippen LogP contribution is -2.39. The van der Waals surface area contributed by atoms with Crippen molar-refractivity contribution in [2.45, 2.75) is 25.9 Å². The average molecular weight is 397 g/mol. The number of fused-ring (bicyclic) bond motifs is 1. The van der Waals surface area contributed by atoms with E-state index in [0.717, 1.165) is 55.1 Å². The molecule has 0 unspecified atom stereocenters. The number of nitrogens with one attached hydrogen (secondary N) is 1. The van der Waals surface area contributed by atoms with Crippen molar-refractivity contribution in [3.05, 3.63) is 42.5 Å². The smallest absolute Gasteiger partial charge is 0.172 e. The Morgan fingerprint density at radius 2 is 2.00 bits per heavy atom. The number of hydrogen-bond acceptors (Lipinski definition) is 7. The van der Waals surface area contributed by atoms with E-state index in [1.54, 1.807) is 24.5 Å². The second-order valence-corrected chi connectivity index (χ2v) is 6.89. The van der Waals surface area contributed by atoms with Crippen LogP contribution in [-0.4, -0.2) is 47.8 Å². The van der Waals surface area contributed by atoms with Crippen molar-refractivity contribution >= 4 is 22.7 Å². The molecular weight excluding hydrogens is 373 g/mol. The van der Waals surface area contributed by atoms with Gasteiger partial charge < -0.3 is 19.7 Å². The minimum atomic E-state index is -0.407. The summed E-state index contributed by atoms with van der Waals surface area (Å²) < 4.78 is 25.1. The minimum Gasteiger partial charge on any atom is -0.497 e. The van der Waals surface area contributed by atoms with Crippen molar-refractivity contribution < 1.29 is 13.9 Å². The topological polar surface area (TPSA) is 72.4 Å². The summed E-state index contributed by atoms with van der Waals surface area (Å²) in [6.07, 6.45) is 4.93. The number of hydrogen-bond donors (Lipinski definition) is 1. The molecule has 0 atom stereocenters. The highest BCUT2D eigenvalue weighted by Crippen LogP contribution is 2.30. The molecule has 7 nitrogen and oxygen atoms in total. The zero-order valence-electron chi connectivity index (χ0n) is 16.6. The summed E-state index contributed by atoms with van der Waals surface area (Å²) in [7, 11) is 1.51. The van der Waals surface area contributed by atoms with Crippen LogP contribution in [0.4, 0.5) is 16.0 Å². The summed E-state index contributed by atoms with van der Waals surface area (Å²) in [6, 6.07) is 6.53. The molecular formula is C21H24FN5O2. The van der Waals surface area contributed by atoms with E-state index in [1.807, 2.05) is 13.0 Å². The molecule has 8 heteroatoms. The number of rotatable bonds is 6. The molecule has 4 rings (SSSR count). The van der Waals surface area contributed by atoms with Gasteiger partial charge in [0.15, 0.2) is 23.2 Å². The van der Waals surface area contributed by atoms with Gasteiger partial charge in [0, 0.05) is 44.7 Å². The maximum atomic E-state index is 14.2. The Hall–Kier alpha value is -3.16. The first-order valence-corrected chi connectivity index (χ1v) is 9.78. The van der Waals surface area contributed by atoms with Crippen LogP contribution in [0.15, 0.2) is 36.7 Å². The molecule has 0 saturated carbocycles. The highest BCUT2D eigenvalue weighted by molar-refractivity contribution is 5.79. The number of anilines is 2. The third-order valence-electron chi connectivity index (χ3n) is 4.97. The standard InChI is InChI=1S/C21H24FN5O2/c1-3-24-20-21(26-17-6-9-23-13-18(17)25-20)27-10-7-14(8-11-27)29-19-5-4-15(28-2)12-16(19)22/h4-6,9,12-14H,3,7-8,10-11H2,1-2H3,(H,24,25). The molecule has 3 aromatic rings. The summed E-state index contributed by atoms with van der Waals surface area (Å²) in [5.41, 5.74) is 1.58. The Labute approximate surface area is 168 Å². The first-order chi connectivity index (χ1) is 14.2. The molecule has 1 N–H and O–H groups in total. The number of methoxy groups -OCH3 is 1. The van der Waals surface area contributed by atoms with Crippen LogP contribution in [0.2, 0.25) is 0 Å². The number of nitrogens with zero attached hydrogens (tertiary/aromatic N) is 4. The monoisotopic (exact) mass is 397 g/mol. The first kappa shape index (κ1) is 19.2. The zero-order valence-corrected chi connectivity index (χ0v) is 16.6. The molecule has 0 bridgehead atoms. The van der Waals surface area contributed by atoms with E-state index in [4.69, 9.17) is 14.5 Å². The Kier molecular flexibility index (Phi) is 5.59. The SMILES string of the molecule is CCNc1nc2cnccc2nc1N1CCC(Oc2ccc(OC)cc2F)CC1. The molecule has 1 aromatic carbocycles. The van der Waals surface area contributed by atoms with Crippen LogP contribution in [0.3, 0.4) is 0 Å². The maximum Gasteiger partial charge on any atom is 0.172 e. The van der Waals surface area contributed by atoms with E-state index in [9.17, 15) is 4.39 Å². The van der Waals surface area contributed by atoms with Crippen molar-refractivity contribution in [1.29, 1.82) is 0 Å². The molecule has 0 aliphatic carbocycles. The fraction of sp³-hybridized carbons (Fsp3) is 0.381. The fourth-order valence-electron chi connectivity index (χ4n) is 3.47. The molecule has 1 saturated heterocycles. The molecule has 1 fully saturated rings. The van der Waals surface area contributed by atoms with Gasteiger partial charge in [-0.3, -0.25) is 4.98 Å². The van der Waals surface area contributed by atoms with E-state index in [2.05, 4.69) is 20.2 Å².